The first-order valence-electron chi connectivity index (χ1n) is 6.05. The fourth-order valence-electron chi connectivity index (χ4n) is 2.51. The van der Waals surface area contributed by atoms with Crippen LogP contribution in [-0.2, 0) is 0 Å². The van der Waals surface area contributed by atoms with Crippen LogP contribution in [0.5, 0.6) is 0 Å². The fourth-order valence-corrected chi connectivity index (χ4v) is 3.21. The third kappa shape index (κ3) is 1.92. The molecule has 0 bridgehead atoms. The highest BCUT2D eigenvalue weighted by atomic mass is 127. The molecule has 2 aliphatic rings. The molecule has 0 saturated heterocycles. The second-order valence-corrected chi connectivity index (χ2v) is 5.98. The Morgan fingerprint density at radius 3 is 2.44 bits per heavy atom. The molecule has 2 fully saturated rings. The van der Waals surface area contributed by atoms with Gasteiger partial charge in [-0.3, -0.25) is 4.79 Å². The van der Waals surface area contributed by atoms with Crippen molar-refractivity contribution in [2.75, 3.05) is 0 Å². The summed E-state index contributed by atoms with van der Waals surface area (Å²) in [5, 5.41) is 0. The standard InChI is InChI=1S/C12H15IN2O/c13-9-10(7-5-6-7)14-11(15-12(9)16)8-3-1-2-4-8/h7-8H,1-6H2,(H,14,15,16). The molecule has 4 heteroatoms. The molecule has 0 amide bonds. The van der Waals surface area contributed by atoms with Gasteiger partial charge < -0.3 is 4.98 Å². The van der Waals surface area contributed by atoms with Crippen molar-refractivity contribution in [2.24, 2.45) is 0 Å². The minimum atomic E-state index is 0.0689. The third-order valence-electron chi connectivity index (χ3n) is 3.61. The van der Waals surface area contributed by atoms with Crippen molar-refractivity contribution >= 4 is 22.6 Å². The number of hydrogen-bond acceptors (Lipinski definition) is 2. The molecule has 16 heavy (non-hydrogen) atoms. The van der Waals surface area contributed by atoms with Gasteiger partial charge in [0.05, 0.1) is 9.26 Å². The van der Waals surface area contributed by atoms with E-state index in [0.29, 0.717) is 11.8 Å². The summed E-state index contributed by atoms with van der Waals surface area (Å²) in [5.41, 5.74) is 1.13. The average molecular weight is 330 g/mol. The van der Waals surface area contributed by atoms with Gasteiger partial charge in [-0.2, -0.15) is 0 Å². The molecule has 2 saturated carbocycles. The normalized spacial score (nSPS) is 21.6. The van der Waals surface area contributed by atoms with E-state index in [4.69, 9.17) is 4.98 Å². The topological polar surface area (TPSA) is 45.8 Å². The Kier molecular flexibility index (Phi) is 2.77. The van der Waals surface area contributed by atoms with Crippen LogP contribution in [0.2, 0.25) is 0 Å². The van der Waals surface area contributed by atoms with E-state index in [2.05, 4.69) is 27.6 Å². The van der Waals surface area contributed by atoms with Crippen molar-refractivity contribution in [1.29, 1.82) is 0 Å². The van der Waals surface area contributed by atoms with Crippen LogP contribution < -0.4 is 5.56 Å². The molecule has 0 radical (unpaired) electrons. The summed E-state index contributed by atoms with van der Waals surface area (Å²) in [6, 6.07) is 0. The highest BCUT2D eigenvalue weighted by Crippen LogP contribution is 2.41. The number of hydrogen-bond donors (Lipinski definition) is 1. The minimum Gasteiger partial charge on any atom is -0.309 e. The molecule has 0 atom stereocenters. The van der Waals surface area contributed by atoms with Gasteiger partial charge in [-0.05, 0) is 48.3 Å². The molecule has 3 nitrogen and oxygen atoms in total. The lowest BCUT2D eigenvalue weighted by atomic mass is 10.1. The zero-order valence-electron chi connectivity index (χ0n) is 9.13. The molecule has 0 aliphatic heterocycles. The van der Waals surface area contributed by atoms with Gasteiger partial charge in [0.15, 0.2) is 0 Å². The Labute approximate surface area is 108 Å². The molecule has 0 aromatic carbocycles. The van der Waals surface area contributed by atoms with E-state index in [1.165, 1.54) is 38.5 Å². The average Bonchev–Trinajstić information content (AvgIpc) is 2.96. The third-order valence-corrected chi connectivity index (χ3v) is 4.66. The molecule has 1 aromatic heterocycles. The smallest absolute Gasteiger partial charge is 0.264 e. The van der Waals surface area contributed by atoms with Crippen LogP contribution in [0.4, 0.5) is 0 Å². The van der Waals surface area contributed by atoms with E-state index in [0.717, 1.165) is 15.1 Å². The Balaban J connectivity index is 2.02. The van der Waals surface area contributed by atoms with E-state index in [9.17, 15) is 4.79 Å². The molecular weight excluding hydrogens is 315 g/mol. The van der Waals surface area contributed by atoms with Crippen molar-refractivity contribution < 1.29 is 0 Å². The predicted octanol–water partition coefficient (Wildman–Crippen LogP) is 2.91. The van der Waals surface area contributed by atoms with Crippen LogP contribution in [0.3, 0.4) is 0 Å². The maximum atomic E-state index is 11.8. The zero-order valence-corrected chi connectivity index (χ0v) is 11.3. The van der Waals surface area contributed by atoms with Crippen molar-refractivity contribution in [1.82, 2.24) is 9.97 Å². The quantitative estimate of drug-likeness (QED) is 0.848. The fraction of sp³-hybridized carbons (Fsp3) is 0.667. The minimum absolute atomic E-state index is 0.0689. The molecule has 0 spiro atoms. The second kappa shape index (κ2) is 4.13. The molecule has 2 aliphatic carbocycles. The summed E-state index contributed by atoms with van der Waals surface area (Å²) >= 11 is 2.13. The maximum absolute atomic E-state index is 11.8. The van der Waals surface area contributed by atoms with Gasteiger partial charge >= 0.3 is 0 Å². The molecule has 1 N–H and O–H groups in total. The number of H-pyrrole nitrogens is 1. The maximum Gasteiger partial charge on any atom is 0.264 e. The van der Waals surface area contributed by atoms with Gasteiger partial charge in [-0.25, -0.2) is 4.98 Å². The van der Waals surface area contributed by atoms with E-state index in [-0.39, 0.29) is 5.56 Å². The lowest BCUT2D eigenvalue weighted by Gasteiger charge is -2.10. The highest BCUT2D eigenvalue weighted by Gasteiger charge is 2.30. The number of halogens is 1. The largest absolute Gasteiger partial charge is 0.309 e. The summed E-state index contributed by atoms with van der Waals surface area (Å²) < 4.78 is 0.807. The first kappa shape index (κ1) is 10.7. The molecule has 0 unspecified atom stereocenters. The van der Waals surface area contributed by atoms with E-state index in [1.54, 1.807) is 0 Å². The van der Waals surface area contributed by atoms with E-state index >= 15 is 0 Å². The predicted molar refractivity (Wildman–Crippen MR) is 70.8 cm³/mol. The van der Waals surface area contributed by atoms with Gasteiger partial charge in [0.25, 0.3) is 5.56 Å². The van der Waals surface area contributed by atoms with Crippen LogP contribution in [0.1, 0.15) is 61.9 Å². The zero-order chi connectivity index (χ0) is 11.1. The van der Waals surface area contributed by atoms with Crippen LogP contribution in [0.15, 0.2) is 4.79 Å². The molecule has 1 heterocycles. The summed E-state index contributed by atoms with van der Waals surface area (Å²) in [6.45, 7) is 0. The number of aromatic amines is 1. The van der Waals surface area contributed by atoms with Crippen molar-refractivity contribution in [3.8, 4) is 0 Å². The lowest BCUT2D eigenvalue weighted by Crippen LogP contribution is -2.19. The van der Waals surface area contributed by atoms with Crippen molar-refractivity contribution in [3.63, 3.8) is 0 Å². The summed E-state index contributed by atoms with van der Waals surface area (Å²) in [6.07, 6.45) is 7.34. The van der Waals surface area contributed by atoms with Gasteiger partial charge in [-0.15, -0.1) is 0 Å². The number of nitrogens with zero attached hydrogens (tertiary/aromatic N) is 1. The van der Waals surface area contributed by atoms with E-state index < -0.39 is 0 Å². The van der Waals surface area contributed by atoms with Crippen molar-refractivity contribution in [3.05, 3.63) is 25.4 Å². The first-order valence-corrected chi connectivity index (χ1v) is 7.13. The Bertz CT molecular complexity index is 459. The second-order valence-electron chi connectivity index (χ2n) is 4.91. The Morgan fingerprint density at radius 2 is 1.81 bits per heavy atom. The highest BCUT2D eigenvalue weighted by molar-refractivity contribution is 14.1. The summed E-state index contributed by atoms with van der Waals surface area (Å²) in [5.74, 6) is 2.02. The van der Waals surface area contributed by atoms with Crippen molar-refractivity contribution in [2.45, 2.75) is 50.4 Å². The number of rotatable bonds is 2. The SMILES string of the molecule is O=c1[nH]c(C2CCCC2)nc(C2CC2)c1I. The van der Waals surface area contributed by atoms with Crippen LogP contribution in [0.25, 0.3) is 0 Å². The monoisotopic (exact) mass is 330 g/mol. The van der Waals surface area contributed by atoms with Gasteiger partial charge in [0.1, 0.15) is 5.82 Å². The number of aromatic nitrogens is 2. The first-order chi connectivity index (χ1) is 7.75. The molecule has 3 rings (SSSR count). The lowest BCUT2D eigenvalue weighted by molar-refractivity contribution is 0.654. The van der Waals surface area contributed by atoms with Gasteiger partial charge in [0, 0.05) is 11.8 Å². The molecule has 86 valence electrons. The molecular formula is C12H15IN2O. The van der Waals surface area contributed by atoms with E-state index in [1.807, 2.05) is 0 Å². The summed E-state index contributed by atoms with van der Waals surface area (Å²) in [7, 11) is 0. The Hall–Kier alpha value is -0.390. The number of nitrogens with one attached hydrogen (secondary N) is 1. The van der Waals surface area contributed by atoms with Crippen LogP contribution in [0, 0.1) is 3.57 Å². The van der Waals surface area contributed by atoms with Gasteiger partial charge in [-0.1, -0.05) is 12.8 Å². The van der Waals surface area contributed by atoms with Gasteiger partial charge in [0.2, 0.25) is 0 Å². The summed E-state index contributed by atoms with van der Waals surface area (Å²) in [4.78, 5) is 19.5. The molecule has 1 aromatic rings. The van der Waals surface area contributed by atoms with Crippen LogP contribution >= 0.6 is 22.6 Å². The van der Waals surface area contributed by atoms with Crippen LogP contribution in [-0.4, -0.2) is 9.97 Å². The Morgan fingerprint density at radius 1 is 1.12 bits per heavy atom.